The van der Waals surface area contributed by atoms with Crippen molar-refractivity contribution in [2.24, 2.45) is 34.6 Å². The van der Waals surface area contributed by atoms with Gasteiger partial charge >= 0.3 is 0 Å². The molecule has 0 radical (unpaired) electrons. The molecule has 2 heteroatoms. The Balaban J connectivity index is 1.75. The molecule has 0 aromatic heterocycles. The number of fused-ring (bicyclic) bond motifs is 5. The number of hydrogen-bond acceptors (Lipinski definition) is 2. The summed E-state index contributed by atoms with van der Waals surface area (Å²) >= 11 is 0. The molecule has 5 atom stereocenters. The largest absolute Gasteiger partial charge is 0.234 e. The number of hydrogen-bond donors (Lipinski definition) is 0. The fraction of sp³-hybridized carbons (Fsp3) is 0.917. The van der Waals surface area contributed by atoms with Crippen LogP contribution in [0.3, 0.4) is 0 Å². The van der Waals surface area contributed by atoms with E-state index in [0.717, 1.165) is 36.1 Å². The lowest BCUT2D eigenvalue weighted by Gasteiger charge is -2.27. The lowest BCUT2D eigenvalue weighted by molar-refractivity contribution is 0.215. The van der Waals surface area contributed by atoms with Gasteiger partial charge in [-0.15, -0.1) is 0 Å². The van der Waals surface area contributed by atoms with Crippen LogP contribution in [-0.2, 0) is 4.79 Å². The van der Waals surface area contributed by atoms with Crippen molar-refractivity contribution in [2.75, 3.05) is 6.54 Å². The summed E-state index contributed by atoms with van der Waals surface area (Å²) < 4.78 is 0. The summed E-state index contributed by atoms with van der Waals surface area (Å²) in [7, 11) is 0. The van der Waals surface area contributed by atoms with Gasteiger partial charge in [0.1, 0.15) is 0 Å². The summed E-state index contributed by atoms with van der Waals surface area (Å²) in [5.74, 6) is 4.66. The molecule has 0 aromatic carbocycles. The lowest BCUT2D eigenvalue weighted by atomic mass is 9.78. The minimum atomic E-state index is 0.719. The Morgan fingerprint density at radius 1 is 1.14 bits per heavy atom. The van der Waals surface area contributed by atoms with Gasteiger partial charge in [-0.05, 0) is 61.7 Å². The zero-order valence-corrected chi connectivity index (χ0v) is 8.48. The van der Waals surface area contributed by atoms with Crippen LogP contribution in [-0.4, -0.2) is 12.6 Å². The van der Waals surface area contributed by atoms with Gasteiger partial charge in [-0.3, -0.25) is 0 Å². The van der Waals surface area contributed by atoms with E-state index < -0.39 is 0 Å². The molecule has 14 heavy (non-hydrogen) atoms. The first-order valence-corrected chi connectivity index (χ1v) is 5.94. The summed E-state index contributed by atoms with van der Waals surface area (Å²) in [5.41, 5.74) is 0. The maximum Gasteiger partial charge on any atom is 0.234 e. The number of nitrogens with zero attached hydrogens (tertiary/aromatic N) is 1. The van der Waals surface area contributed by atoms with Crippen LogP contribution in [0.2, 0.25) is 0 Å². The third-order valence-electron chi connectivity index (χ3n) is 4.96. The van der Waals surface area contributed by atoms with Crippen LogP contribution in [0.25, 0.3) is 0 Å². The zero-order chi connectivity index (χ0) is 9.54. The van der Waals surface area contributed by atoms with E-state index in [1.165, 1.54) is 32.1 Å². The fourth-order valence-electron chi connectivity index (χ4n) is 4.58. The topological polar surface area (TPSA) is 29.4 Å². The van der Waals surface area contributed by atoms with Crippen molar-refractivity contribution in [3.63, 3.8) is 0 Å². The van der Waals surface area contributed by atoms with Crippen molar-refractivity contribution < 1.29 is 4.79 Å². The van der Waals surface area contributed by atoms with E-state index in [4.69, 9.17) is 0 Å². The predicted octanol–water partition coefficient (Wildman–Crippen LogP) is 2.39. The molecule has 0 aromatic rings. The quantitative estimate of drug-likeness (QED) is 0.487. The van der Waals surface area contributed by atoms with Gasteiger partial charge in [-0.25, -0.2) is 9.79 Å². The van der Waals surface area contributed by atoms with Gasteiger partial charge in [0.2, 0.25) is 6.08 Å². The second-order valence-corrected chi connectivity index (χ2v) is 5.34. The molecular formula is C12H17NO. The minimum absolute atomic E-state index is 0.719. The van der Waals surface area contributed by atoms with Crippen molar-refractivity contribution >= 4 is 6.08 Å². The molecule has 76 valence electrons. The average molecular weight is 191 g/mol. The number of aliphatic imine (C=N–C) groups is 1. The summed E-state index contributed by atoms with van der Waals surface area (Å²) in [4.78, 5) is 13.9. The Bertz CT molecular complexity index is 282. The standard InChI is InChI=1S/C12H17NO/c14-7-13-6-10-3-4-11-8-1-2-9(5-8)12(10)11/h8-12H,1-6H2. The van der Waals surface area contributed by atoms with Crippen molar-refractivity contribution in [2.45, 2.75) is 32.1 Å². The summed E-state index contributed by atoms with van der Waals surface area (Å²) in [5, 5.41) is 0. The molecular weight excluding hydrogens is 174 g/mol. The van der Waals surface area contributed by atoms with Gasteiger partial charge in [0.25, 0.3) is 0 Å². The summed E-state index contributed by atoms with van der Waals surface area (Å²) in [6.45, 7) is 0.758. The first-order chi connectivity index (χ1) is 6.90. The number of isocyanates is 1. The summed E-state index contributed by atoms with van der Waals surface area (Å²) in [6.07, 6.45) is 8.83. The average Bonchev–Trinajstić information content (AvgIpc) is 2.87. The highest BCUT2D eigenvalue weighted by Crippen LogP contribution is 2.60. The van der Waals surface area contributed by atoms with Crippen LogP contribution in [0.5, 0.6) is 0 Å². The molecule has 3 saturated carbocycles. The van der Waals surface area contributed by atoms with E-state index in [1.54, 1.807) is 6.08 Å². The lowest BCUT2D eigenvalue weighted by Crippen LogP contribution is -2.23. The summed E-state index contributed by atoms with van der Waals surface area (Å²) in [6, 6.07) is 0. The maximum absolute atomic E-state index is 10.1. The normalized spacial score (nSPS) is 49.0. The monoisotopic (exact) mass is 191 g/mol. The third kappa shape index (κ3) is 1.10. The van der Waals surface area contributed by atoms with Crippen molar-refractivity contribution in [1.82, 2.24) is 0 Å². The fourth-order valence-corrected chi connectivity index (χ4v) is 4.58. The highest BCUT2D eigenvalue weighted by atomic mass is 16.1. The highest BCUT2D eigenvalue weighted by molar-refractivity contribution is 5.32. The first-order valence-electron chi connectivity index (χ1n) is 5.94. The van der Waals surface area contributed by atoms with Gasteiger partial charge in [0.05, 0.1) is 6.54 Å². The minimum Gasteiger partial charge on any atom is -0.211 e. The van der Waals surface area contributed by atoms with Crippen LogP contribution in [0.4, 0.5) is 0 Å². The molecule has 0 heterocycles. The molecule has 0 amide bonds. The van der Waals surface area contributed by atoms with Gasteiger partial charge in [-0.2, -0.15) is 0 Å². The SMILES string of the molecule is O=C=NCC1CCC2C3CCC(C3)C12. The molecule has 3 rings (SSSR count). The van der Waals surface area contributed by atoms with Gasteiger partial charge < -0.3 is 0 Å². The Morgan fingerprint density at radius 3 is 2.86 bits per heavy atom. The first kappa shape index (κ1) is 8.67. The molecule has 2 bridgehead atoms. The van der Waals surface area contributed by atoms with Crippen LogP contribution >= 0.6 is 0 Å². The molecule has 0 spiro atoms. The van der Waals surface area contributed by atoms with E-state index in [9.17, 15) is 4.79 Å². The molecule has 3 aliphatic rings. The molecule has 0 N–H and O–H groups in total. The van der Waals surface area contributed by atoms with Crippen molar-refractivity contribution in [1.29, 1.82) is 0 Å². The Morgan fingerprint density at radius 2 is 2.00 bits per heavy atom. The predicted molar refractivity (Wildman–Crippen MR) is 53.5 cm³/mol. The molecule has 2 nitrogen and oxygen atoms in total. The second kappa shape index (κ2) is 3.20. The Hall–Kier alpha value is -0.620. The van der Waals surface area contributed by atoms with E-state index in [0.29, 0.717) is 0 Å². The van der Waals surface area contributed by atoms with Crippen LogP contribution in [0, 0.1) is 29.6 Å². The zero-order valence-electron chi connectivity index (χ0n) is 8.48. The maximum atomic E-state index is 10.1. The van der Waals surface area contributed by atoms with Gasteiger partial charge in [-0.1, -0.05) is 0 Å². The molecule has 0 aliphatic heterocycles. The van der Waals surface area contributed by atoms with Gasteiger partial charge in [0, 0.05) is 0 Å². The number of rotatable bonds is 2. The van der Waals surface area contributed by atoms with E-state index in [1.807, 2.05) is 0 Å². The third-order valence-corrected chi connectivity index (χ3v) is 4.96. The van der Waals surface area contributed by atoms with E-state index in [-0.39, 0.29) is 0 Å². The van der Waals surface area contributed by atoms with Crippen LogP contribution < -0.4 is 0 Å². The highest BCUT2D eigenvalue weighted by Gasteiger charge is 2.52. The van der Waals surface area contributed by atoms with Crippen LogP contribution in [0.1, 0.15) is 32.1 Å². The number of carbonyl (C=O) groups excluding carboxylic acids is 1. The van der Waals surface area contributed by atoms with Crippen molar-refractivity contribution in [3.05, 3.63) is 0 Å². The van der Waals surface area contributed by atoms with E-state index in [2.05, 4.69) is 4.99 Å². The van der Waals surface area contributed by atoms with Gasteiger partial charge in [0.15, 0.2) is 0 Å². The molecule has 5 unspecified atom stereocenters. The molecule has 3 aliphatic carbocycles. The molecule has 3 fully saturated rings. The van der Waals surface area contributed by atoms with Crippen molar-refractivity contribution in [3.8, 4) is 0 Å². The smallest absolute Gasteiger partial charge is 0.211 e. The molecule has 0 saturated heterocycles. The van der Waals surface area contributed by atoms with Crippen LogP contribution in [0.15, 0.2) is 4.99 Å². The second-order valence-electron chi connectivity index (χ2n) is 5.34. The Labute approximate surface area is 84.8 Å². The van der Waals surface area contributed by atoms with E-state index >= 15 is 0 Å². The Kier molecular flexibility index (Phi) is 1.98.